The number of hydrogen-bond donors (Lipinski definition) is 1. The second-order valence-corrected chi connectivity index (χ2v) is 7.90. The Morgan fingerprint density at radius 3 is 2.18 bits per heavy atom. The van der Waals surface area contributed by atoms with E-state index in [1.165, 1.54) is 10.6 Å². The van der Waals surface area contributed by atoms with Crippen LogP contribution in [0.5, 0.6) is 5.75 Å². The van der Waals surface area contributed by atoms with Gasteiger partial charge in [-0.05, 0) is 45.0 Å². The third-order valence-electron chi connectivity index (χ3n) is 3.10. The van der Waals surface area contributed by atoms with Gasteiger partial charge in [-0.15, -0.1) is 0 Å². The summed E-state index contributed by atoms with van der Waals surface area (Å²) in [6.45, 7) is 5.93. The smallest absolute Gasteiger partial charge is 0.251 e. The van der Waals surface area contributed by atoms with Crippen LogP contribution in [0.25, 0.3) is 0 Å². The summed E-state index contributed by atoms with van der Waals surface area (Å²) in [5.74, 6) is 0.428. The molecule has 0 fully saturated rings. The number of sulfonamides is 1. The van der Waals surface area contributed by atoms with E-state index in [1.807, 2.05) is 20.8 Å². The van der Waals surface area contributed by atoms with Crippen LogP contribution < -0.4 is 10.1 Å². The van der Waals surface area contributed by atoms with Crippen molar-refractivity contribution in [1.82, 2.24) is 9.62 Å². The Balaban J connectivity index is 2.63. The van der Waals surface area contributed by atoms with Crippen molar-refractivity contribution in [2.75, 3.05) is 26.5 Å². The molecule has 1 aromatic rings. The molecule has 124 valence electrons. The van der Waals surface area contributed by atoms with E-state index in [0.717, 1.165) is 0 Å². The number of nitrogens with zero attached hydrogens (tertiary/aromatic N) is 1. The van der Waals surface area contributed by atoms with Crippen LogP contribution in [0.3, 0.4) is 0 Å². The Bertz CT molecular complexity index is 603. The van der Waals surface area contributed by atoms with Crippen molar-refractivity contribution in [2.45, 2.75) is 26.3 Å². The summed E-state index contributed by atoms with van der Waals surface area (Å²) < 4.78 is 30.0. The van der Waals surface area contributed by atoms with E-state index in [2.05, 4.69) is 5.32 Å². The molecule has 0 saturated heterocycles. The van der Waals surface area contributed by atoms with Gasteiger partial charge in [-0.3, -0.25) is 4.79 Å². The van der Waals surface area contributed by atoms with Crippen molar-refractivity contribution in [2.24, 2.45) is 0 Å². The average molecular weight is 328 g/mol. The number of carbonyl (C=O) groups is 1. The first-order valence-corrected chi connectivity index (χ1v) is 8.80. The first-order chi connectivity index (χ1) is 10.1. The highest BCUT2D eigenvalue weighted by atomic mass is 32.2. The number of nitrogens with one attached hydrogen (secondary N) is 1. The van der Waals surface area contributed by atoms with Gasteiger partial charge in [0.1, 0.15) is 5.75 Å². The maximum atomic E-state index is 12.0. The van der Waals surface area contributed by atoms with Crippen LogP contribution in [0.2, 0.25) is 0 Å². The number of rotatable bonds is 6. The standard InChI is InChI=1S/C15H24N2O4S/c1-15(2,3)17(22(5,19)20)11-10-16-14(18)12-6-8-13(21-4)9-7-12/h6-9H,10-11H2,1-5H3,(H,16,18). The Labute approximate surface area is 132 Å². The minimum absolute atomic E-state index is 0.226. The number of ether oxygens (including phenoxy) is 1. The van der Waals surface area contributed by atoms with E-state index in [4.69, 9.17) is 4.74 Å². The molecular weight excluding hydrogens is 304 g/mol. The molecule has 0 aliphatic heterocycles. The molecule has 7 heteroatoms. The van der Waals surface area contributed by atoms with Gasteiger partial charge in [0.15, 0.2) is 0 Å². The van der Waals surface area contributed by atoms with E-state index in [9.17, 15) is 13.2 Å². The lowest BCUT2D eigenvalue weighted by Crippen LogP contribution is -2.48. The lowest BCUT2D eigenvalue weighted by atomic mass is 10.1. The van der Waals surface area contributed by atoms with Crippen molar-refractivity contribution < 1.29 is 17.9 Å². The van der Waals surface area contributed by atoms with Crippen molar-refractivity contribution in [3.8, 4) is 5.75 Å². The molecule has 1 aromatic carbocycles. The van der Waals surface area contributed by atoms with Crippen LogP contribution in [-0.2, 0) is 10.0 Å². The van der Waals surface area contributed by atoms with E-state index in [-0.39, 0.29) is 19.0 Å². The Kier molecular flexibility index (Phi) is 5.96. The monoisotopic (exact) mass is 328 g/mol. The summed E-state index contributed by atoms with van der Waals surface area (Å²) in [6, 6.07) is 6.72. The quantitative estimate of drug-likeness (QED) is 0.858. The molecular formula is C15H24N2O4S. The number of hydrogen-bond acceptors (Lipinski definition) is 4. The van der Waals surface area contributed by atoms with E-state index in [1.54, 1.807) is 31.4 Å². The van der Waals surface area contributed by atoms with E-state index >= 15 is 0 Å². The zero-order valence-electron chi connectivity index (χ0n) is 13.7. The first-order valence-electron chi connectivity index (χ1n) is 6.96. The molecule has 0 aliphatic carbocycles. The van der Waals surface area contributed by atoms with Gasteiger partial charge >= 0.3 is 0 Å². The number of carbonyl (C=O) groups excluding carboxylic acids is 1. The molecule has 1 amide bonds. The van der Waals surface area contributed by atoms with Crippen LogP contribution in [-0.4, -0.2) is 50.6 Å². The van der Waals surface area contributed by atoms with Crippen molar-refractivity contribution in [3.05, 3.63) is 29.8 Å². The van der Waals surface area contributed by atoms with Crippen LogP contribution in [0, 0.1) is 0 Å². The molecule has 22 heavy (non-hydrogen) atoms. The zero-order chi connectivity index (χ0) is 17.0. The fourth-order valence-electron chi connectivity index (χ4n) is 2.11. The fourth-order valence-corrected chi connectivity index (χ4v) is 3.53. The van der Waals surface area contributed by atoms with Crippen LogP contribution in [0.1, 0.15) is 31.1 Å². The Morgan fingerprint density at radius 1 is 1.23 bits per heavy atom. The molecule has 6 nitrogen and oxygen atoms in total. The highest BCUT2D eigenvalue weighted by Gasteiger charge is 2.28. The summed E-state index contributed by atoms with van der Waals surface area (Å²) >= 11 is 0. The molecule has 0 radical (unpaired) electrons. The Morgan fingerprint density at radius 2 is 1.77 bits per heavy atom. The van der Waals surface area contributed by atoms with Gasteiger partial charge in [-0.25, -0.2) is 8.42 Å². The van der Waals surface area contributed by atoms with Crippen molar-refractivity contribution in [1.29, 1.82) is 0 Å². The normalized spacial score (nSPS) is 12.3. The molecule has 0 heterocycles. The van der Waals surface area contributed by atoms with E-state index < -0.39 is 15.6 Å². The van der Waals surface area contributed by atoms with Gasteiger partial charge in [-0.2, -0.15) is 4.31 Å². The number of amides is 1. The summed E-state index contributed by atoms with van der Waals surface area (Å²) in [7, 11) is -1.77. The Hall–Kier alpha value is -1.60. The summed E-state index contributed by atoms with van der Waals surface area (Å²) in [5.41, 5.74) is -0.0271. The van der Waals surface area contributed by atoms with Gasteiger partial charge in [-0.1, -0.05) is 0 Å². The molecule has 0 spiro atoms. The average Bonchev–Trinajstić information content (AvgIpc) is 2.40. The first kappa shape index (κ1) is 18.4. The van der Waals surface area contributed by atoms with Crippen molar-refractivity contribution in [3.63, 3.8) is 0 Å². The van der Waals surface area contributed by atoms with Crippen LogP contribution >= 0.6 is 0 Å². The number of methoxy groups -OCH3 is 1. The molecule has 0 saturated carbocycles. The minimum atomic E-state index is -3.33. The minimum Gasteiger partial charge on any atom is -0.497 e. The third kappa shape index (κ3) is 5.31. The van der Waals surface area contributed by atoms with Crippen LogP contribution in [0.15, 0.2) is 24.3 Å². The number of benzene rings is 1. The lowest BCUT2D eigenvalue weighted by molar-refractivity contribution is 0.0948. The summed E-state index contributed by atoms with van der Waals surface area (Å²) in [6.07, 6.45) is 1.17. The summed E-state index contributed by atoms with van der Waals surface area (Å²) in [5, 5.41) is 2.73. The largest absolute Gasteiger partial charge is 0.497 e. The summed E-state index contributed by atoms with van der Waals surface area (Å²) in [4.78, 5) is 12.0. The van der Waals surface area contributed by atoms with Crippen LogP contribution in [0.4, 0.5) is 0 Å². The van der Waals surface area contributed by atoms with Gasteiger partial charge in [0, 0.05) is 24.2 Å². The lowest BCUT2D eigenvalue weighted by Gasteiger charge is -2.33. The topological polar surface area (TPSA) is 75.7 Å². The second kappa shape index (κ2) is 7.11. The second-order valence-electron chi connectivity index (χ2n) is 5.99. The fraction of sp³-hybridized carbons (Fsp3) is 0.533. The van der Waals surface area contributed by atoms with Gasteiger partial charge in [0.25, 0.3) is 5.91 Å². The molecule has 1 N–H and O–H groups in total. The molecule has 1 rings (SSSR count). The SMILES string of the molecule is COc1ccc(C(=O)NCCN(C(C)(C)C)S(C)(=O)=O)cc1. The van der Waals surface area contributed by atoms with Gasteiger partial charge in [0.05, 0.1) is 13.4 Å². The third-order valence-corrected chi connectivity index (χ3v) is 4.63. The molecule has 0 atom stereocenters. The molecule has 0 unspecified atom stereocenters. The maximum absolute atomic E-state index is 12.0. The van der Waals surface area contributed by atoms with Gasteiger partial charge in [0.2, 0.25) is 10.0 Å². The predicted molar refractivity (Wildman–Crippen MR) is 86.6 cm³/mol. The highest BCUT2D eigenvalue weighted by molar-refractivity contribution is 7.88. The van der Waals surface area contributed by atoms with Crippen molar-refractivity contribution >= 4 is 15.9 Å². The van der Waals surface area contributed by atoms with E-state index in [0.29, 0.717) is 11.3 Å². The zero-order valence-corrected chi connectivity index (χ0v) is 14.5. The van der Waals surface area contributed by atoms with Gasteiger partial charge < -0.3 is 10.1 Å². The predicted octanol–water partition coefficient (Wildman–Crippen LogP) is 1.49. The molecule has 0 bridgehead atoms. The highest BCUT2D eigenvalue weighted by Crippen LogP contribution is 2.16. The molecule has 0 aromatic heterocycles. The molecule has 0 aliphatic rings. The maximum Gasteiger partial charge on any atom is 0.251 e.